The molecule has 0 bridgehead atoms. The van der Waals surface area contributed by atoms with Crippen LogP contribution in [0.5, 0.6) is 5.75 Å². The minimum Gasteiger partial charge on any atom is -0.484 e. The normalized spacial score (nSPS) is 9.92. The molecule has 2 N–H and O–H groups in total. The van der Waals surface area contributed by atoms with Gasteiger partial charge in [0.1, 0.15) is 11.6 Å². The third-order valence-corrected chi connectivity index (χ3v) is 3.06. The monoisotopic (exact) mass is 332 g/mol. The van der Waals surface area contributed by atoms with Gasteiger partial charge in [-0.1, -0.05) is 12.1 Å². The third kappa shape index (κ3) is 5.60. The molecule has 126 valence electrons. The highest BCUT2D eigenvalue weighted by molar-refractivity contribution is 5.84. The zero-order chi connectivity index (χ0) is 17.4. The lowest BCUT2D eigenvalue weighted by molar-refractivity contribution is -0.123. The molecular formula is C17H17FN2O4. The molecule has 0 fully saturated rings. The van der Waals surface area contributed by atoms with Crippen LogP contribution in [0.2, 0.25) is 0 Å². The minimum absolute atomic E-state index is 0.148. The fourth-order valence-corrected chi connectivity index (χ4v) is 1.81. The topological polar surface area (TPSA) is 76.7 Å². The molecule has 24 heavy (non-hydrogen) atoms. The summed E-state index contributed by atoms with van der Waals surface area (Å²) in [4.78, 5) is 22.8. The second kappa shape index (κ2) is 8.52. The second-order valence-corrected chi connectivity index (χ2v) is 4.83. The van der Waals surface area contributed by atoms with Crippen LogP contribution in [0.3, 0.4) is 0 Å². The van der Waals surface area contributed by atoms with E-state index in [2.05, 4.69) is 15.4 Å². The summed E-state index contributed by atoms with van der Waals surface area (Å²) in [6.45, 7) is 0.148. The van der Waals surface area contributed by atoms with Crippen molar-refractivity contribution in [2.75, 3.05) is 19.0 Å². The van der Waals surface area contributed by atoms with E-state index in [0.717, 1.165) is 5.56 Å². The Labute approximate surface area is 138 Å². The molecule has 0 heterocycles. The molecular weight excluding hydrogens is 315 g/mol. The summed E-state index contributed by atoms with van der Waals surface area (Å²) in [7, 11) is 1.28. The number of carbonyl (C=O) groups excluding carboxylic acids is 2. The lowest BCUT2D eigenvalue weighted by Gasteiger charge is -2.09. The minimum atomic E-state index is -0.566. The van der Waals surface area contributed by atoms with E-state index >= 15 is 0 Å². The number of hydrogen-bond acceptors (Lipinski definition) is 4. The lowest BCUT2D eigenvalue weighted by Crippen LogP contribution is -2.28. The summed E-state index contributed by atoms with van der Waals surface area (Å²) in [5.41, 5.74) is 1.35. The highest BCUT2D eigenvalue weighted by Crippen LogP contribution is 2.15. The Kier molecular flexibility index (Phi) is 6.13. The smallest absolute Gasteiger partial charge is 0.411 e. The van der Waals surface area contributed by atoms with E-state index in [1.54, 1.807) is 36.4 Å². The maximum Gasteiger partial charge on any atom is 0.411 e. The summed E-state index contributed by atoms with van der Waals surface area (Å²) < 4.78 is 22.6. The number of ether oxygens (including phenoxy) is 2. The number of benzene rings is 2. The number of nitrogens with one attached hydrogen (secondary N) is 2. The zero-order valence-corrected chi connectivity index (χ0v) is 13.0. The first-order valence-corrected chi connectivity index (χ1v) is 7.16. The van der Waals surface area contributed by atoms with Gasteiger partial charge in [-0.15, -0.1) is 0 Å². The molecule has 0 saturated carbocycles. The van der Waals surface area contributed by atoms with E-state index in [4.69, 9.17) is 4.74 Å². The van der Waals surface area contributed by atoms with Gasteiger partial charge in [0.2, 0.25) is 0 Å². The summed E-state index contributed by atoms with van der Waals surface area (Å²) in [5, 5.41) is 5.18. The predicted molar refractivity (Wildman–Crippen MR) is 86.2 cm³/mol. The van der Waals surface area contributed by atoms with Gasteiger partial charge in [0, 0.05) is 12.2 Å². The Balaban J connectivity index is 1.75. The molecule has 2 amide bonds. The van der Waals surface area contributed by atoms with Crippen LogP contribution in [0.25, 0.3) is 0 Å². The summed E-state index contributed by atoms with van der Waals surface area (Å²) >= 11 is 0. The Hall–Kier alpha value is -3.09. The molecule has 0 spiro atoms. The number of rotatable bonds is 6. The first kappa shape index (κ1) is 17.3. The molecule has 0 atom stereocenters. The van der Waals surface area contributed by atoms with Crippen LogP contribution in [-0.4, -0.2) is 25.7 Å². The average molecular weight is 332 g/mol. The van der Waals surface area contributed by atoms with Crippen molar-refractivity contribution in [1.82, 2.24) is 5.32 Å². The van der Waals surface area contributed by atoms with Crippen molar-refractivity contribution < 1.29 is 23.5 Å². The quantitative estimate of drug-likeness (QED) is 0.853. The van der Waals surface area contributed by atoms with E-state index in [0.29, 0.717) is 18.0 Å². The molecule has 0 aliphatic rings. The van der Waals surface area contributed by atoms with Gasteiger partial charge in [-0.2, -0.15) is 0 Å². The van der Waals surface area contributed by atoms with Gasteiger partial charge >= 0.3 is 6.09 Å². The Morgan fingerprint density at radius 2 is 1.71 bits per heavy atom. The molecule has 2 rings (SSSR count). The molecule has 0 aliphatic carbocycles. The molecule has 7 heteroatoms. The van der Waals surface area contributed by atoms with E-state index in [9.17, 15) is 14.0 Å². The molecule has 0 unspecified atom stereocenters. The number of methoxy groups -OCH3 is 1. The van der Waals surface area contributed by atoms with Crippen LogP contribution in [0.15, 0.2) is 48.5 Å². The predicted octanol–water partition coefficient (Wildman–Crippen LogP) is 2.70. The van der Waals surface area contributed by atoms with E-state index < -0.39 is 6.09 Å². The van der Waals surface area contributed by atoms with Crippen molar-refractivity contribution in [2.45, 2.75) is 6.54 Å². The van der Waals surface area contributed by atoms with E-state index in [1.165, 1.54) is 19.2 Å². The van der Waals surface area contributed by atoms with Gasteiger partial charge in [-0.25, -0.2) is 9.18 Å². The fraction of sp³-hybridized carbons (Fsp3) is 0.176. The number of halogens is 1. The van der Waals surface area contributed by atoms with Crippen LogP contribution >= 0.6 is 0 Å². The van der Waals surface area contributed by atoms with Crippen LogP contribution in [0.1, 0.15) is 5.56 Å². The molecule has 0 saturated heterocycles. The van der Waals surface area contributed by atoms with Crippen molar-refractivity contribution in [3.8, 4) is 5.75 Å². The van der Waals surface area contributed by atoms with Gasteiger partial charge < -0.3 is 14.8 Å². The van der Waals surface area contributed by atoms with Gasteiger partial charge in [-0.3, -0.25) is 10.1 Å². The zero-order valence-electron chi connectivity index (χ0n) is 13.0. The van der Waals surface area contributed by atoms with Crippen LogP contribution in [0, 0.1) is 5.82 Å². The van der Waals surface area contributed by atoms with Crippen molar-refractivity contribution in [3.63, 3.8) is 0 Å². The fourth-order valence-electron chi connectivity index (χ4n) is 1.81. The van der Waals surface area contributed by atoms with Gasteiger partial charge in [0.15, 0.2) is 6.61 Å². The molecule has 6 nitrogen and oxygen atoms in total. The molecule has 2 aromatic carbocycles. The molecule has 0 radical (unpaired) electrons. The second-order valence-electron chi connectivity index (χ2n) is 4.83. The Morgan fingerprint density at radius 1 is 1.04 bits per heavy atom. The number of anilines is 1. The largest absolute Gasteiger partial charge is 0.484 e. The SMILES string of the molecule is COC(=O)Nc1ccc(OCC(=O)NCc2ccc(F)cc2)cc1. The van der Waals surface area contributed by atoms with E-state index in [1.807, 2.05) is 0 Å². The maximum absolute atomic E-state index is 12.8. The standard InChI is InChI=1S/C17H17FN2O4/c1-23-17(22)20-14-6-8-15(9-7-14)24-11-16(21)19-10-12-2-4-13(18)5-3-12/h2-9H,10-11H2,1H3,(H,19,21)(H,20,22). The summed E-state index contributed by atoms with van der Waals surface area (Å²) in [6.07, 6.45) is -0.566. The highest BCUT2D eigenvalue weighted by atomic mass is 19.1. The summed E-state index contributed by atoms with van der Waals surface area (Å²) in [6, 6.07) is 12.4. The number of amides is 2. The first-order chi connectivity index (χ1) is 11.6. The van der Waals surface area contributed by atoms with Crippen molar-refractivity contribution in [3.05, 3.63) is 59.9 Å². The first-order valence-electron chi connectivity index (χ1n) is 7.16. The van der Waals surface area contributed by atoms with E-state index in [-0.39, 0.29) is 18.3 Å². The lowest BCUT2D eigenvalue weighted by atomic mass is 10.2. The van der Waals surface area contributed by atoms with Gasteiger partial charge in [0.25, 0.3) is 5.91 Å². The molecule has 0 aliphatic heterocycles. The van der Waals surface area contributed by atoms with Crippen molar-refractivity contribution >= 4 is 17.7 Å². The third-order valence-electron chi connectivity index (χ3n) is 3.06. The summed E-state index contributed by atoms with van der Waals surface area (Å²) in [5.74, 6) is -0.128. The van der Waals surface area contributed by atoms with Crippen molar-refractivity contribution in [2.24, 2.45) is 0 Å². The van der Waals surface area contributed by atoms with Crippen LogP contribution in [-0.2, 0) is 16.1 Å². The molecule has 0 aromatic heterocycles. The van der Waals surface area contributed by atoms with Crippen LogP contribution in [0.4, 0.5) is 14.9 Å². The molecule has 2 aromatic rings. The maximum atomic E-state index is 12.8. The number of carbonyl (C=O) groups is 2. The average Bonchev–Trinajstić information content (AvgIpc) is 2.60. The van der Waals surface area contributed by atoms with Gasteiger partial charge in [-0.05, 0) is 42.0 Å². The highest BCUT2D eigenvalue weighted by Gasteiger charge is 2.04. The van der Waals surface area contributed by atoms with Gasteiger partial charge in [0.05, 0.1) is 7.11 Å². The Morgan fingerprint density at radius 3 is 2.33 bits per heavy atom. The van der Waals surface area contributed by atoms with Crippen LogP contribution < -0.4 is 15.4 Å². The van der Waals surface area contributed by atoms with Crippen molar-refractivity contribution in [1.29, 1.82) is 0 Å². The Bertz CT molecular complexity index is 687. The number of hydrogen-bond donors (Lipinski definition) is 2.